The lowest BCUT2D eigenvalue weighted by atomic mass is 10.1. The summed E-state index contributed by atoms with van der Waals surface area (Å²) in [6.07, 6.45) is 1.85. The molecule has 0 unspecified atom stereocenters. The van der Waals surface area contributed by atoms with Gasteiger partial charge in [-0.25, -0.2) is 0 Å². The molecule has 0 aliphatic carbocycles. The van der Waals surface area contributed by atoms with Gasteiger partial charge in [-0.2, -0.15) is 0 Å². The predicted octanol–water partition coefficient (Wildman–Crippen LogP) is 4.97. The van der Waals surface area contributed by atoms with Crippen molar-refractivity contribution >= 4 is 50.2 Å². The highest BCUT2D eigenvalue weighted by Crippen LogP contribution is 2.27. The van der Waals surface area contributed by atoms with Crippen molar-refractivity contribution in [3.05, 3.63) is 68.9 Å². The number of hydrogen-bond donors (Lipinski definition) is 0. The topological polar surface area (TPSA) is 69.3 Å². The highest BCUT2D eigenvalue weighted by molar-refractivity contribution is 9.10. The Morgan fingerprint density at radius 3 is 2.60 bits per heavy atom. The van der Waals surface area contributed by atoms with Crippen LogP contribution < -0.4 is 5.56 Å². The SMILES string of the molecule is CCCCn1c(=O)c2ccccc2n2c(S[C@H](C)C(=O)c3ccc(Br)cc3)nnc12. The smallest absolute Gasteiger partial charge is 0.262 e. The van der Waals surface area contributed by atoms with Crippen LogP contribution >= 0.6 is 27.7 Å². The quantitative estimate of drug-likeness (QED) is 0.273. The van der Waals surface area contributed by atoms with E-state index < -0.39 is 0 Å². The number of benzene rings is 2. The lowest BCUT2D eigenvalue weighted by molar-refractivity contribution is 0.0994. The number of Topliss-reactive ketones (excluding diaryl/α,β-unsaturated/α-hetero) is 1. The van der Waals surface area contributed by atoms with Crippen molar-refractivity contribution < 1.29 is 4.79 Å². The van der Waals surface area contributed by atoms with Crippen molar-refractivity contribution in [2.24, 2.45) is 0 Å². The fourth-order valence-electron chi connectivity index (χ4n) is 3.39. The van der Waals surface area contributed by atoms with E-state index >= 15 is 0 Å². The van der Waals surface area contributed by atoms with Crippen molar-refractivity contribution in [2.45, 2.75) is 43.6 Å². The molecular weight excluding hydrogens is 464 g/mol. The van der Waals surface area contributed by atoms with Gasteiger partial charge in [-0.1, -0.05) is 65.3 Å². The van der Waals surface area contributed by atoms with Crippen molar-refractivity contribution in [1.82, 2.24) is 19.2 Å². The van der Waals surface area contributed by atoms with Gasteiger partial charge >= 0.3 is 0 Å². The second-order valence-corrected chi connectivity index (χ2v) is 9.30. The first-order valence-electron chi connectivity index (χ1n) is 9.84. The molecule has 154 valence electrons. The number of halogens is 1. The molecule has 2 aromatic carbocycles. The number of rotatable bonds is 7. The largest absolute Gasteiger partial charge is 0.293 e. The molecule has 0 amide bonds. The summed E-state index contributed by atoms with van der Waals surface area (Å²) in [7, 11) is 0. The van der Waals surface area contributed by atoms with Crippen LogP contribution in [0.15, 0.2) is 63.0 Å². The Labute approximate surface area is 186 Å². The molecular formula is C22H21BrN4O2S. The Hall–Kier alpha value is -2.45. The molecule has 2 aromatic heterocycles. The molecule has 30 heavy (non-hydrogen) atoms. The monoisotopic (exact) mass is 484 g/mol. The van der Waals surface area contributed by atoms with Gasteiger partial charge in [-0.3, -0.25) is 18.6 Å². The molecule has 1 atom stereocenters. The number of fused-ring (bicyclic) bond motifs is 3. The summed E-state index contributed by atoms with van der Waals surface area (Å²) in [5, 5.41) is 9.53. The number of carbonyl (C=O) groups excluding carboxylic acids is 1. The first-order valence-corrected chi connectivity index (χ1v) is 11.5. The van der Waals surface area contributed by atoms with Crippen LogP contribution in [-0.2, 0) is 6.54 Å². The predicted molar refractivity (Wildman–Crippen MR) is 123 cm³/mol. The van der Waals surface area contributed by atoms with E-state index in [0.29, 0.717) is 28.4 Å². The fourth-order valence-corrected chi connectivity index (χ4v) is 4.59. The van der Waals surface area contributed by atoms with Crippen molar-refractivity contribution in [2.75, 3.05) is 0 Å². The zero-order valence-electron chi connectivity index (χ0n) is 16.7. The zero-order chi connectivity index (χ0) is 21.3. The molecule has 4 aromatic rings. The Kier molecular flexibility index (Phi) is 6.06. The van der Waals surface area contributed by atoms with E-state index in [1.165, 1.54) is 11.8 Å². The third-order valence-electron chi connectivity index (χ3n) is 4.99. The number of carbonyl (C=O) groups is 1. The third-order valence-corrected chi connectivity index (χ3v) is 6.56. The molecule has 0 spiro atoms. The van der Waals surface area contributed by atoms with E-state index in [1.54, 1.807) is 4.57 Å². The van der Waals surface area contributed by atoms with E-state index in [9.17, 15) is 9.59 Å². The van der Waals surface area contributed by atoms with Gasteiger partial charge in [-0.05, 0) is 37.6 Å². The van der Waals surface area contributed by atoms with Crippen LogP contribution in [0.5, 0.6) is 0 Å². The number of para-hydroxylation sites is 1. The summed E-state index contributed by atoms with van der Waals surface area (Å²) < 4.78 is 4.51. The molecule has 0 saturated heterocycles. The minimum atomic E-state index is -0.353. The zero-order valence-corrected chi connectivity index (χ0v) is 19.1. The molecule has 2 heterocycles. The summed E-state index contributed by atoms with van der Waals surface area (Å²) in [6, 6.07) is 14.8. The van der Waals surface area contributed by atoms with Gasteiger partial charge in [0, 0.05) is 16.6 Å². The molecule has 0 bridgehead atoms. The lowest BCUT2D eigenvalue weighted by Crippen LogP contribution is -2.23. The standard InChI is InChI=1S/C22H21BrN4O2S/c1-3-4-13-26-20(29)17-7-5-6-8-18(17)27-21(26)24-25-22(27)30-14(2)19(28)15-9-11-16(23)12-10-15/h5-12,14H,3-4,13H2,1-2H3/t14-/m1/s1. The minimum Gasteiger partial charge on any atom is -0.293 e. The van der Waals surface area contributed by atoms with Crippen molar-refractivity contribution in [3.63, 3.8) is 0 Å². The van der Waals surface area contributed by atoms with Gasteiger partial charge in [0.15, 0.2) is 10.9 Å². The normalized spacial score (nSPS) is 12.5. The third kappa shape index (κ3) is 3.81. The van der Waals surface area contributed by atoms with E-state index in [-0.39, 0.29) is 16.6 Å². The molecule has 0 fully saturated rings. The molecule has 0 aliphatic heterocycles. The second kappa shape index (κ2) is 8.73. The number of aromatic nitrogens is 4. The number of nitrogens with zero attached hydrogens (tertiary/aromatic N) is 4. The highest BCUT2D eigenvalue weighted by Gasteiger charge is 2.22. The Morgan fingerprint density at radius 1 is 1.13 bits per heavy atom. The van der Waals surface area contributed by atoms with Crippen LogP contribution in [0.1, 0.15) is 37.0 Å². The Balaban J connectivity index is 1.78. The van der Waals surface area contributed by atoms with Crippen molar-refractivity contribution in [1.29, 1.82) is 0 Å². The van der Waals surface area contributed by atoms with Gasteiger partial charge in [-0.15, -0.1) is 10.2 Å². The van der Waals surface area contributed by atoms with E-state index in [2.05, 4.69) is 33.1 Å². The molecule has 0 saturated carbocycles. The maximum Gasteiger partial charge on any atom is 0.262 e. The average Bonchev–Trinajstić information content (AvgIpc) is 3.17. The Bertz CT molecular complexity index is 1280. The summed E-state index contributed by atoms with van der Waals surface area (Å²) in [5.41, 5.74) is 1.34. The van der Waals surface area contributed by atoms with Crippen LogP contribution in [0.2, 0.25) is 0 Å². The summed E-state index contributed by atoms with van der Waals surface area (Å²) >= 11 is 4.75. The van der Waals surface area contributed by atoms with Gasteiger partial charge in [0.1, 0.15) is 0 Å². The summed E-state index contributed by atoms with van der Waals surface area (Å²) in [5.74, 6) is 0.533. The summed E-state index contributed by atoms with van der Waals surface area (Å²) in [4.78, 5) is 25.9. The van der Waals surface area contributed by atoms with E-state index in [4.69, 9.17) is 0 Å². The second-order valence-electron chi connectivity index (χ2n) is 7.08. The number of hydrogen-bond acceptors (Lipinski definition) is 5. The lowest BCUT2D eigenvalue weighted by Gasteiger charge is -2.12. The van der Waals surface area contributed by atoms with Crippen LogP contribution in [0.4, 0.5) is 0 Å². The van der Waals surface area contributed by atoms with Crippen molar-refractivity contribution in [3.8, 4) is 0 Å². The van der Waals surface area contributed by atoms with Gasteiger partial charge in [0.25, 0.3) is 5.56 Å². The van der Waals surface area contributed by atoms with E-state index in [1.807, 2.05) is 59.9 Å². The molecule has 0 aliphatic rings. The van der Waals surface area contributed by atoms with Crippen LogP contribution in [0.3, 0.4) is 0 Å². The van der Waals surface area contributed by atoms with Gasteiger partial charge in [0.05, 0.1) is 16.2 Å². The van der Waals surface area contributed by atoms with Crippen LogP contribution in [0.25, 0.3) is 16.7 Å². The van der Waals surface area contributed by atoms with Gasteiger partial charge < -0.3 is 0 Å². The number of ketones is 1. The first kappa shape index (κ1) is 20.8. The number of unbranched alkanes of at least 4 members (excludes halogenated alkanes) is 1. The van der Waals surface area contributed by atoms with Crippen LogP contribution in [-0.4, -0.2) is 30.2 Å². The first-order chi connectivity index (χ1) is 14.5. The average molecular weight is 485 g/mol. The molecule has 6 nitrogen and oxygen atoms in total. The fraction of sp³-hybridized carbons (Fsp3) is 0.273. The molecule has 8 heteroatoms. The van der Waals surface area contributed by atoms with Gasteiger partial charge in [0.2, 0.25) is 5.78 Å². The Morgan fingerprint density at radius 2 is 1.87 bits per heavy atom. The number of aryl methyl sites for hydroxylation is 1. The molecule has 0 radical (unpaired) electrons. The minimum absolute atomic E-state index is 0.0212. The molecule has 0 N–H and O–H groups in total. The maximum absolute atomic E-state index is 13.0. The van der Waals surface area contributed by atoms with E-state index in [0.717, 1.165) is 22.8 Å². The molecule has 4 rings (SSSR count). The highest BCUT2D eigenvalue weighted by atomic mass is 79.9. The summed E-state index contributed by atoms with van der Waals surface area (Å²) in [6.45, 7) is 4.54. The van der Waals surface area contributed by atoms with Crippen LogP contribution in [0, 0.1) is 0 Å². The maximum atomic E-state index is 13.0. The number of thioether (sulfide) groups is 1.